The van der Waals surface area contributed by atoms with Crippen LogP contribution in [-0.2, 0) is 9.59 Å². The lowest BCUT2D eigenvalue weighted by Gasteiger charge is -2.04. The third-order valence-electron chi connectivity index (χ3n) is 1.58. The second kappa shape index (κ2) is 8.97. The van der Waals surface area contributed by atoms with Crippen molar-refractivity contribution in [1.29, 1.82) is 0 Å². The molecule has 0 rings (SSSR count). The van der Waals surface area contributed by atoms with Crippen LogP contribution in [0.3, 0.4) is 0 Å². The normalized spacial score (nSPS) is 11.8. The first-order valence-corrected chi connectivity index (χ1v) is 4.88. The van der Waals surface area contributed by atoms with Gasteiger partial charge in [0.25, 0.3) is 0 Å². The molecule has 0 aliphatic rings. The molecule has 19 heavy (non-hydrogen) atoms. The van der Waals surface area contributed by atoms with Crippen molar-refractivity contribution in [2.45, 2.75) is 25.1 Å². The van der Waals surface area contributed by atoms with Crippen molar-refractivity contribution in [1.82, 2.24) is 0 Å². The summed E-state index contributed by atoms with van der Waals surface area (Å²) < 4.78 is 31.7. The molecule has 0 saturated carbocycles. The Hall–Kier alpha value is -2.04. The zero-order valence-electron chi connectivity index (χ0n) is 9.85. The smallest absolute Gasteiger partial charge is 0.475 e. The number of hydrogen-bond acceptors (Lipinski definition) is 4. The van der Waals surface area contributed by atoms with Gasteiger partial charge in [-0.05, 0) is 12.8 Å². The van der Waals surface area contributed by atoms with Crippen LogP contribution in [0.5, 0.6) is 0 Å². The number of nitrogens with zero attached hydrogens (tertiary/aromatic N) is 1. The summed E-state index contributed by atoms with van der Waals surface area (Å²) in [4.78, 5) is 23.1. The van der Waals surface area contributed by atoms with Crippen LogP contribution in [0.15, 0.2) is 4.99 Å². The van der Waals surface area contributed by atoms with Gasteiger partial charge in [0.2, 0.25) is 5.91 Å². The number of rotatable bonds is 5. The van der Waals surface area contributed by atoms with Gasteiger partial charge in [-0.15, -0.1) is 0 Å². The monoisotopic (exact) mass is 287 g/mol. The van der Waals surface area contributed by atoms with Crippen LogP contribution < -0.4 is 22.9 Å². The Labute approximate surface area is 106 Å². The SMILES string of the molecule is NC(=O)[C@@H](N)CCCN=C(N)N.O=C(O)C(F)(F)F. The Morgan fingerprint density at radius 2 is 1.63 bits per heavy atom. The summed E-state index contributed by atoms with van der Waals surface area (Å²) in [6.45, 7) is 0.476. The molecular formula is C8H16F3N5O3. The van der Waals surface area contributed by atoms with Crippen molar-refractivity contribution in [2.24, 2.45) is 27.9 Å². The number of amides is 1. The Kier molecular flexibility index (Phi) is 9.11. The Bertz CT molecular complexity index is 328. The van der Waals surface area contributed by atoms with E-state index in [0.717, 1.165) is 0 Å². The molecule has 0 aliphatic carbocycles. The van der Waals surface area contributed by atoms with Crippen molar-refractivity contribution < 1.29 is 27.9 Å². The quantitative estimate of drug-likeness (QED) is 0.233. The van der Waals surface area contributed by atoms with E-state index in [9.17, 15) is 18.0 Å². The van der Waals surface area contributed by atoms with Gasteiger partial charge >= 0.3 is 12.1 Å². The second-order valence-electron chi connectivity index (χ2n) is 3.26. The minimum Gasteiger partial charge on any atom is -0.475 e. The number of primary amides is 1. The highest BCUT2D eigenvalue weighted by Crippen LogP contribution is 2.13. The number of aliphatic imine (C=N–C) groups is 1. The third kappa shape index (κ3) is 13.9. The molecule has 8 nitrogen and oxygen atoms in total. The Morgan fingerprint density at radius 3 is 1.89 bits per heavy atom. The van der Waals surface area contributed by atoms with E-state index in [2.05, 4.69) is 4.99 Å². The minimum atomic E-state index is -5.08. The number of alkyl halides is 3. The summed E-state index contributed by atoms with van der Waals surface area (Å²) in [5.41, 5.74) is 20.4. The molecule has 0 heterocycles. The van der Waals surface area contributed by atoms with Crippen LogP contribution in [0.2, 0.25) is 0 Å². The molecule has 0 bridgehead atoms. The third-order valence-corrected chi connectivity index (χ3v) is 1.58. The molecule has 1 atom stereocenters. The highest BCUT2D eigenvalue weighted by atomic mass is 19.4. The van der Waals surface area contributed by atoms with E-state index in [1.165, 1.54) is 0 Å². The lowest BCUT2D eigenvalue weighted by molar-refractivity contribution is -0.192. The van der Waals surface area contributed by atoms with Crippen LogP contribution in [0.4, 0.5) is 13.2 Å². The van der Waals surface area contributed by atoms with Crippen LogP contribution in [-0.4, -0.2) is 41.7 Å². The van der Waals surface area contributed by atoms with Gasteiger partial charge in [0, 0.05) is 6.54 Å². The van der Waals surface area contributed by atoms with Crippen LogP contribution in [0.1, 0.15) is 12.8 Å². The summed E-state index contributed by atoms with van der Waals surface area (Å²) >= 11 is 0. The van der Waals surface area contributed by atoms with Gasteiger partial charge in [-0.3, -0.25) is 9.79 Å². The molecule has 0 aliphatic heterocycles. The zero-order chi connectivity index (χ0) is 15.6. The average Bonchev–Trinajstić information content (AvgIpc) is 2.23. The van der Waals surface area contributed by atoms with Gasteiger partial charge in [-0.25, -0.2) is 4.79 Å². The highest BCUT2D eigenvalue weighted by molar-refractivity contribution is 5.79. The lowest BCUT2D eigenvalue weighted by Crippen LogP contribution is -2.36. The van der Waals surface area contributed by atoms with E-state index < -0.39 is 24.1 Å². The summed E-state index contributed by atoms with van der Waals surface area (Å²) in [6, 6.07) is -0.598. The molecule has 0 unspecified atom stereocenters. The number of nitrogens with two attached hydrogens (primary N) is 4. The molecular weight excluding hydrogens is 271 g/mol. The maximum Gasteiger partial charge on any atom is 0.490 e. The molecule has 0 aromatic carbocycles. The van der Waals surface area contributed by atoms with Gasteiger partial charge in [0.1, 0.15) is 0 Å². The van der Waals surface area contributed by atoms with E-state index in [-0.39, 0.29) is 5.96 Å². The number of guanidine groups is 1. The van der Waals surface area contributed by atoms with Gasteiger partial charge in [0.15, 0.2) is 5.96 Å². The Balaban J connectivity index is 0. The number of carboxylic acid groups (broad SMARTS) is 1. The van der Waals surface area contributed by atoms with Gasteiger partial charge in [0.05, 0.1) is 6.04 Å². The minimum absolute atomic E-state index is 0.0441. The molecule has 0 saturated heterocycles. The fraction of sp³-hybridized carbons (Fsp3) is 0.625. The van der Waals surface area contributed by atoms with Crippen molar-refractivity contribution in [3.63, 3.8) is 0 Å². The number of hydrogen-bond donors (Lipinski definition) is 5. The predicted octanol–water partition coefficient (Wildman–Crippen LogP) is -1.51. The maximum absolute atomic E-state index is 10.6. The summed E-state index contributed by atoms with van der Waals surface area (Å²) in [5.74, 6) is -3.21. The molecule has 0 aromatic heterocycles. The topological polar surface area (TPSA) is 171 Å². The standard InChI is InChI=1S/C6H15N5O.C2HF3O2/c7-4(5(8)12)2-1-3-11-6(9)10;3-2(4,5)1(6)7/h4H,1-3,7H2,(H2,8,12)(H4,9,10,11);(H,6,7)/t4-;/m0./s1. The maximum atomic E-state index is 10.6. The fourth-order valence-corrected chi connectivity index (χ4v) is 0.662. The lowest BCUT2D eigenvalue weighted by atomic mass is 10.1. The van der Waals surface area contributed by atoms with Crippen LogP contribution in [0, 0.1) is 0 Å². The van der Waals surface area contributed by atoms with Gasteiger partial charge < -0.3 is 28.0 Å². The summed E-state index contributed by atoms with van der Waals surface area (Å²) in [6.07, 6.45) is -3.92. The van der Waals surface area contributed by atoms with Gasteiger partial charge in [-0.1, -0.05) is 0 Å². The molecule has 1 amide bonds. The number of carboxylic acids is 1. The number of aliphatic carboxylic acids is 1. The first kappa shape index (κ1) is 19.3. The van der Waals surface area contributed by atoms with E-state index >= 15 is 0 Å². The number of carbonyl (C=O) groups is 2. The molecule has 0 radical (unpaired) electrons. The van der Waals surface area contributed by atoms with E-state index in [1.807, 2.05) is 0 Å². The second-order valence-corrected chi connectivity index (χ2v) is 3.26. The molecule has 9 N–H and O–H groups in total. The van der Waals surface area contributed by atoms with E-state index in [1.54, 1.807) is 0 Å². The molecule has 0 fully saturated rings. The van der Waals surface area contributed by atoms with Crippen molar-refractivity contribution in [3.8, 4) is 0 Å². The molecule has 11 heteroatoms. The van der Waals surface area contributed by atoms with Crippen LogP contribution >= 0.6 is 0 Å². The summed E-state index contributed by atoms with van der Waals surface area (Å²) in [7, 11) is 0. The first-order chi connectivity index (χ1) is 8.48. The zero-order valence-corrected chi connectivity index (χ0v) is 9.85. The van der Waals surface area contributed by atoms with Crippen LogP contribution in [0.25, 0.3) is 0 Å². The highest BCUT2D eigenvalue weighted by Gasteiger charge is 2.38. The molecule has 0 spiro atoms. The first-order valence-electron chi connectivity index (χ1n) is 4.88. The largest absolute Gasteiger partial charge is 0.490 e. The number of carbonyl (C=O) groups excluding carboxylic acids is 1. The van der Waals surface area contributed by atoms with Gasteiger partial charge in [-0.2, -0.15) is 13.2 Å². The average molecular weight is 287 g/mol. The summed E-state index contributed by atoms with van der Waals surface area (Å²) in [5, 5.41) is 7.12. The van der Waals surface area contributed by atoms with Crippen molar-refractivity contribution >= 4 is 17.8 Å². The van der Waals surface area contributed by atoms with Crippen molar-refractivity contribution in [2.75, 3.05) is 6.54 Å². The van der Waals surface area contributed by atoms with Crippen molar-refractivity contribution in [3.05, 3.63) is 0 Å². The number of halogens is 3. The molecule has 0 aromatic rings. The fourth-order valence-electron chi connectivity index (χ4n) is 0.662. The van der Waals surface area contributed by atoms with E-state index in [0.29, 0.717) is 19.4 Å². The molecule has 112 valence electrons. The Morgan fingerprint density at radius 1 is 1.21 bits per heavy atom. The van der Waals surface area contributed by atoms with E-state index in [4.69, 9.17) is 32.8 Å². The predicted molar refractivity (Wildman–Crippen MR) is 60.8 cm³/mol.